The molecule has 6 nitrogen and oxygen atoms in total. The Morgan fingerprint density at radius 3 is 1.71 bits per heavy atom. The summed E-state index contributed by atoms with van der Waals surface area (Å²) in [5.41, 5.74) is 0. The van der Waals surface area contributed by atoms with Crippen molar-refractivity contribution in [2.24, 2.45) is 5.92 Å². The number of unbranched alkanes of at least 4 members (excludes halogenated alkanes) is 16. The van der Waals surface area contributed by atoms with E-state index in [9.17, 15) is 14.3 Å². The molecule has 0 aromatic heterocycles. The molecular weight excluding hydrogens is 497 g/mol. The predicted octanol–water partition coefficient (Wildman–Crippen LogP) is 9.24. The lowest BCUT2D eigenvalue weighted by molar-refractivity contribution is -0.118. The normalized spacial score (nSPS) is 16.6. The summed E-state index contributed by atoms with van der Waals surface area (Å²) in [5, 5.41) is 0. The van der Waals surface area contributed by atoms with Gasteiger partial charge in [0.1, 0.15) is 5.78 Å². The van der Waals surface area contributed by atoms with Crippen molar-refractivity contribution in [3.8, 4) is 0 Å². The zero-order chi connectivity index (χ0) is 27.7. The fourth-order valence-corrected chi connectivity index (χ4v) is 6.35. The van der Waals surface area contributed by atoms with E-state index in [1.807, 2.05) is 0 Å². The highest BCUT2D eigenvalue weighted by Gasteiger charge is 2.24. The maximum absolute atomic E-state index is 12.2. The standard InChI is InChI=1S/C31H62NO5P/c1-3-4-5-6-7-8-9-10-11-12-13-14-15-16-17-18-19-23-31(28-30(2)33)29-37-38(34,35)36-27-22-26-32-24-20-21-25-32/h31H,3-29H2,1-2H3,(H,34,35). The van der Waals surface area contributed by atoms with Gasteiger partial charge in [0.05, 0.1) is 13.2 Å². The number of hydrogen-bond donors (Lipinski definition) is 1. The zero-order valence-electron chi connectivity index (χ0n) is 25.1. The lowest BCUT2D eigenvalue weighted by atomic mass is 9.96. The highest BCUT2D eigenvalue weighted by molar-refractivity contribution is 7.47. The van der Waals surface area contributed by atoms with E-state index in [0.29, 0.717) is 6.42 Å². The summed E-state index contributed by atoms with van der Waals surface area (Å²) in [6.45, 7) is 7.30. The lowest BCUT2D eigenvalue weighted by Gasteiger charge is -2.19. The van der Waals surface area contributed by atoms with Crippen molar-refractivity contribution in [3.63, 3.8) is 0 Å². The van der Waals surface area contributed by atoms with Crippen LogP contribution in [0.25, 0.3) is 0 Å². The van der Waals surface area contributed by atoms with E-state index in [4.69, 9.17) is 9.05 Å². The monoisotopic (exact) mass is 559 g/mol. The van der Waals surface area contributed by atoms with E-state index in [2.05, 4.69) is 11.8 Å². The molecule has 1 rings (SSSR count). The molecule has 0 amide bonds. The SMILES string of the molecule is CCCCCCCCCCCCCCCCCCCC(COP(=O)(O)OCCCN1CCCC1)CC(C)=O. The number of phosphoric acid groups is 1. The van der Waals surface area contributed by atoms with Crippen molar-refractivity contribution in [1.29, 1.82) is 0 Å². The third-order valence-corrected chi connectivity index (χ3v) is 8.82. The Labute approximate surface area is 235 Å². The van der Waals surface area contributed by atoms with Crippen LogP contribution in [-0.4, -0.2) is 48.4 Å². The molecule has 226 valence electrons. The van der Waals surface area contributed by atoms with Gasteiger partial charge in [0.15, 0.2) is 0 Å². The smallest absolute Gasteiger partial charge is 0.303 e. The van der Waals surface area contributed by atoms with Gasteiger partial charge in [-0.05, 0) is 51.6 Å². The van der Waals surface area contributed by atoms with Crippen molar-refractivity contribution in [1.82, 2.24) is 4.90 Å². The van der Waals surface area contributed by atoms with Gasteiger partial charge >= 0.3 is 7.82 Å². The Morgan fingerprint density at radius 2 is 1.24 bits per heavy atom. The van der Waals surface area contributed by atoms with E-state index < -0.39 is 7.82 Å². The maximum atomic E-state index is 12.2. The van der Waals surface area contributed by atoms with Gasteiger partial charge < -0.3 is 14.6 Å². The molecule has 0 bridgehead atoms. The Hall–Kier alpha value is -0.260. The second-order valence-corrected chi connectivity index (χ2v) is 13.2. The number of likely N-dealkylation sites (tertiary alicyclic amines) is 1. The largest absolute Gasteiger partial charge is 0.472 e. The molecule has 1 aliphatic heterocycles. The van der Waals surface area contributed by atoms with Gasteiger partial charge in [0, 0.05) is 13.0 Å². The lowest BCUT2D eigenvalue weighted by Crippen LogP contribution is -2.21. The van der Waals surface area contributed by atoms with Crippen LogP contribution in [-0.2, 0) is 18.4 Å². The van der Waals surface area contributed by atoms with Crippen molar-refractivity contribution in [3.05, 3.63) is 0 Å². The third-order valence-electron chi connectivity index (χ3n) is 7.84. The minimum Gasteiger partial charge on any atom is -0.303 e. The Morgan fingerprint density at radius 1 is 0.763 bits per heavy atom. The van der Waals surface area contributed by atoms with E-state index in [-0.39, 0.29) is 24.9 Å². The van der Waals surface area contributed by atoms with E-state index in [0.717, 1.165) is 45.3 Å². The maximum Gasteiger partial charge on any atom is 0.472 e. The summed E-state index contributed by atoms with van der Waals surface area (Å²) in [7, 11) is -4.06. The molecule has 2 unspecified atom stereocenters. The number of carbonyl (C=O) groups is 1. The molecule has 0 saturated carbocycles. The zero-order valence-corrected chi connectivity index (χ0v) is 26.0. The molecule has 7 heteroatoms. The van der Waals surface area contributed by atoms with Gasteiger partial charge in [-0.2, -0.15) is 0 Å². The molecule has 0 spiro atoms. The quantitative estimate of drug-likeness (QED) is 0.0760. The summed E-state index contributed by atoms with van der Waals surface area (Å²) in [6, 6.07) is 0. The second-order valence-electron chi connectivity index (χ2n) is 11.7. The van der Waals surface area contributed by atoms with E-state index in [1.54, 1.807) is 6.92 Å². The Kier molecular flexibility index (Phi) is 23.1. The number of nitrogens with zero attached hydrogens (tertiary/aromatic N) is 1. The van der Waals surface area contributed by atoms with Crippen LogP contribution in [0.5, 0.6) is 0 Å². The number of hydrogen-bond acceptors (Lipinski definition) is 5. The van der Waals surface area contributed by atoms with Crippen LogP contribution in [0.3, 0.4) is 0 Å². The summed E-state index contributed by atoms with van der Waals surface area (Å²) >= 11 is 0. The third kappa shape index (κ3) is 22.5. The summed E-state index contributed by atoms with van der Waals surface area (Å²) in [5.74, 6) is 0.0855. The summed E-state index contributed by atoms with van der Waals surface area (Å²) < 4.78 is 22.7. The van der Waals surface area contributed by atoms with Gasteiger partial charge in [-0.25, -0.2) is 4.57 Å². The molecule has 1 saturated heterocycles. The van der Waals surface area contributed by atoms with Crippen molar-refractivity contribution >= 4 is 13.6 Å². The molecule has 1 heterocycles. The highest BCUT2D eigenvalue weighted by atomic mass is 31.2. The average Bonchev–Trinajstić information content (AvgIpc) is 3.40. The molecule has 0 aromatic carbocycles. The first-order chi connectivity index (χ1) is 18.4. The number of ketones is 1. The molecule has 0 aliphatic carbocycles. The van der Waals surface area contributed by atoms with Crippen LogP contribution in [0, 0.1) is 5.92 Å². The molecule has 38 heavy (non-hydrogen) atoms. The first-order valence-electron chi connectivity index (χ1n) is 16.3. The van der Waals surface area contributed by atoms with E-state index in [1.165, 1.54) is 109 Å². The number of rotatable bonds is 28. The summed E-state index contributed by atoms with van der Waals surface area (Å²) in [4.78, 5) is 24.1. The predicted molar refractivity (Wildman–Crippen MR) is 160 cm³/mol. The van der Waals surface area contributed by atoms with Crippen LogP contribution in [0.4, 0.5) is 0 Å². The molecule has 0 aromatic rings. The average molecular weight is 560 g/mol. The van der Waals surface area contributed by atoms with Gasteiger partial charge in [-0.3, -0.25) is 9.05 Å². The van der Waals surface area contributed by atoms with Gasteiger partial charge in [0.2, 0.25) is 0 Å². The number of phosphoric ester groups is 1. The molecule has 1 aliphatic rings. The number of Topliss-reactive ketones (excluding diaryl/α,β-unsaturated/α-hetero) is 1. The minimum absolute atomic E-state index is 0.0162. The fraction of sp³-hybridized carbons (Fsp3) is 0.968. The first kappa shape index (κ1) is 35.8. The highest BCUT2D eigenvalue weighted by Crippen LogP contribution is 2.44. The Bertz CT molecular complexity index is 597. The second kappa shape index (κ2) is 24.5. The molecule has 0 radical (unpaired) electrons. The fourth-order valence-electron chi connectivity index (χ4n) is 5.52. The molecular formula is C31H62NO5P. The molecule has 1 fully saturated rings. The van der Waals surface area contributed by atoms with Crippen molar-refractivity contribution in [2.45, 2.75) is 155 Å². The van der Waals surface area contributed by atoms with Crippen LogP contribution in [0.1, 0.15) is 155 Å². The van der Waals surface area contributed by atoms with Gasteiger partial charge in [-0.15, -0.1) is 0 Å². The van der Waals surface area contributed by atoms with Crippen molar-refractivity contribution < 1.29 is 23.3 Å². The number of carbonyl (C=O) groups excluding carboxylic acids is 1. The minimum atomic E-state index is -4.06. The summed E-state index contributed by atoms with van der Waals surface area (Å²) in [6.07, 6.45) is 27.2. The molecule has 1 N–H and O–H groups in total. The van der Waals surface area contributed by atoms with Crippen LogP contribution < -0.4 is 0 Å². The Balaban J connectivity index is 1.98. The van der Waals surface area contributed by atoms with Crippen LogP contribution >= 0.6 is 7.82 Å². The van der Waals surface area contributed by atoms with E-state index >= 15 is 0 Å². The van der Waals surface area contributed by atoms with Crippen LogP contribution in [0.15, 0.2) is 0 Å². The van der Waals surface area contributed by atoms with Crippen LogP contribution in [0.2, 0.25) is 0 Å². The van der Waals surface area contributed by atoms with Gasteiger partial charge in [0.25, 0.3) is 0 Å². The van der Waals surface area contributed by atoms with Gasteiger partial charge in [-0.1, -0.05) is 116 Å². The first-order valence-corrected chi connectivity index (χ1v) is 17.8. The molecule has 2 atom stereocenters. The van der Waals surface area contributed by atoms with Crippen molar-refractivity contribution in [2.75, 3.05) is 32.8 Å². The topological polar surface area (TPSA) is 76.1 Å².